The molecule has 0 atom stereocenters. The predicted molar refractivity (Wildman–Crippen MR) is 86.1 cm³/mol. The van der Waals surface area contributed by atoms with Crippen LogP contribution in [0.2, 0.25) is 0 Å². The van der Waals surface area contributed by atoms with Crippen molar-refractivity contribution in [2.75, 3.05) is 12.3 Å². The number of rotatable bonds is 5. The number of fused-ring (bicyclic) bond motifs is 1. The fourth-order valence-corrected chi connectivity index (χ4v) is 2.37. The van der Waals surface area contributed by atoms with E-state index in [0.717, 1.165) is 12.1 Å². The third kappa shape index (κ3) is 3.73. The molecule has 0 amide bonds. The molecule has 10 heteroatoms. The van der Waals surface area contributed by atoms with Gasteiger partial charge in [0.25, 0.3) is 0 Å². The monoisotopic (exact) mass is 365 g/mol. The molecule has 26 heavy (non-hydrogen) atoms. The number of carbonyl (C=O) groups excluding carboxylic acids is 1. The molecule has 0 spiro atoms. The number of hydrogen-bond acceptors (Lipinski definition) is 6. The van der Waals surface area contributed by atoms with Crippen LogP contribution < -0.4 is 5.73 Å². The van der Waals surface area contributed by atoms with Gasteiger partial charge in [-0.3, -0.25) is 0 Å². The topological polar surface area (TPSA) is 95.9 Å². The molecular weight excluding hydrogens is 351 g/mol. The number of ether oxygens (including phenoxy) is 1. The first-order chi connectivity index (χ1) is 12.4. The minimum Gasteiger partial charge on any atom is -0.462 e. The number of halogens is 3. The van der Waals surface area contributed by atoms with Crippen LogP contribution in [-0.4, -0.2) is 32.1 Å². The molecule has 2 heterocycles. The number of imidazole rings is 1. The Morgan fingerprint density at radius 1 is 1.23 bits per heavy atom. The minimum atomic E-state index is -4.51. The van der Waals surface area contributed by atoms with Gasteiger partial charge in [0, 0.05) is 6.54 Å². The van der Waals surface area contributed by atoms with Crippen LogP contribution in [0, 0.1) is 0 Å². The van der Waals surface area contributed by atoms with Gasteiger partial charge in [0.05, 0.1) is 24.1 Å². The Kier molecular flexibility index (Phi) is 4.74. The Morgan fingerprint density at radius 3 is 2.81 bits per heavy atom. The van der Waals surface area contributed by atoms with E-state index in [1.54, 1.807) is 10.9 Å². The van der Waals surface area contributed by atoms with E-state index in [0.29, 0.717) is 24.1 Å². The molecule has 0 bridgehead atoms. The summed E-state index contributed by atoms with van der Waals surface area (Å²) in [5.74, 6) is -0.539. The van der Waals surface area contributed by atoms with Crippen molar-refractivity contribution in [3.05, 3.63) is 48.0 Å². The van der Waals surface area contributed by atoms with Gasteiger partial charge in [-0.15, -0.1) is 0 Å². The first-order valence-electron chi connectivity index (χ1n) is 7.62. The average Bonchev–Trinajstić information content (AvgIpc) is 3.02. The Bertz CT molecular complexity index is 939. The molecule has 0 saturated heterocycles. The summed E-state index contributed by atoms with van der Waals surface area (Å²) in [5, 5.41) is 0. The molecule has 0 aliphatic carbocycles. The standard InChI is InChI=1S/C16H14F3N5O2/c17-16(18,19)11-4-1-3-10(7-11)15(25)26-6-2-5-24-9-23-12-13(20)21-8-22-14(12)24/h1,3-4,7-9H,2,5-6H2,(H2,20,21,22). The number of benzene rings is 1. The van der Waals surface area contributed by atoms with E-state index < -0.39 is 17.7 Å². The number of esters is 1. The molecule has 0 unspecified atom stereocenters. The smallest absolute Gasteiger partial charge is 0.416 e. The van der Waals surface area contributed by atoms with Crippen molar-refractivity contribution < 1.29 is 22.7 Å². The molecule has 0 aliphatic rings. The summed E-state index contributed by atoms with van der Waals surface area (Å²) in [4.78, 5) is 23.9. The van der Waals surface area contributed by atoms with Crippen molar-refractivity contribution >= 4 is 23.0 Å². The van der Waals surface area contributed by atoms with Crippen LogP contribution in [-0.2, 0) is 17.5 Å². The number of nitrogens with two attached hydrogens (primary N) is 1. The van der Waals surface area contributed by atoms with Crippen LogP contribution in [0.15, 0.2) is 36.9 Å². The predicted octanol–water partition coefficient (Wildman–Crippen LogP) is 2.67. The van der Waals surface area contributed by atoms with Gasteiger partial charge in [0.2, 0.25) is 0 Å². The number of alkyl halides is 3. The molecule has 3 aromatic rings. The third-order valence-electron chi connectivity index (χ3n) is 3.63. The zero-order valence-corrected chi connectivity index (χ0v) is 13.4. The highest BCUT2D eigenvalue weighted by atomic mass is 19.4. The second kappa shape index (κ2) is 6.98. The van der Waals surface area contributed by atoms with Gasteiger partial charge in [-0.1, -0.05) is 6.07 Å². The first-order valence-corrected chi connectivity index (χ1v) is 7.62. The van der Waals surface area contributed by atoms with Gasteiger partial charge in [-0.2, -0.15) is 13.2 Å². The maximum Gasteiger partial charge on any atom is 0.416 e. The van der Waals surface area contributed by atoms with Gasteiger partial charge in [0.1, 0.15) is 11.8 Å². The van der Waals surface area contributed by atoms with Crippen molar-refractivity contribution in [2.24, 2.45) is 0 Å². The summed E-state index contributed by atoms with van der Waals surface area (Å²) in [6, 6.07) is 4.11. The lowest BCUT2D eigenvalue weighted by atomic mass is 10.1. The van der Waals surface area contributed by atoms with E-state index in [9.17, 15) is 18.0 Å². The Hall–Kier alpha value is -3.17. The zero-order valence-electron chi connectivity index (χ0n) is 13.4. The first kappa shape index (κ1) is 17.6. The third-order valence-corrected chi connectivity index (χ3v) is 3.63. The number of aryl methyl sites for hydroxylation is 1. The highest BCUT2D eigenvalue weighted by molar-refractivity contribution is 5.89. The summed E-state index contributed by atoms with van der Waals surface area (Å²) < 4.78 is 44.8. The van der Waals surface area contributed by atoms with Gasteiger partial charge in [0.15, 0.2) is 11.5 Å². The zero-order chi connectivity index (χ0) is 18.7. The van der Waals surface area contributed by atoms with Crippen LogP contribution in [0.25, 0.3) is 11.2 Å². The van der Waals surface area contributed by atoms with Crippen molar-refractivity contribution in [1.29, 1.82) is 0 Å². The van der Waals surface area contributed by atoms with Crippen LogP contribution >= 0.6 is 0 Å². The summed E-state index contributed by atoms with van der Waals surface area (Å²) in [5.41, 5.74) is 5.69. The molecular formula is C16H14F3N5O2. The summed E-state index contributed by atoms with van der Waals surface area (Å²) in [6.07, 6.45) is -1.21. The maximum atomic E-state index is 12.7. The largest absolute Gasteiger partial charge is 0.462 e. The second-order valence-electron chi connectivity index (χ2n) is 5.44. The SMILES string of the molecule is Nc1ncnc2c1ncn2CCCOC(=O)c1cccc(C(F)(F)F)c1. The molecule has 0 saturated carbocycles. The summed E-state index contributed by atoms with van der Waals surface area (Å²) in [7, 11) is 0. The second-order valence-corrected chi connectivity index (χ2v) is 5.44. The summed E-state index contributed by atoms with van der Waals surface area (Å²) in [6.45, 7) is 0.484. The fourth-order valence-electron chi connectivity index (χ4n) is 2.37. The van der Waals surface area contributed by atoms with Crippen molar-refractivity contribution in [3.8, 4) is 0 Å². The minimum absolute atomic E-state index is 0.0370. The molecule has 7 nitrogen and oxygen atoms in total. The van der Waals surface area contributed by atoms with Crippen LogP contribution in [0.1, 0.15) is 22.3 Å². The lowest BCUT2D eigenvalue weighted by Crippen LogP contribution is -2.11. The van der Waals surface area contributed by atoms with Crippen LogP contribution in [0.4, 0.5) is 19.0 Å². The quantitative estimate of drug-likeness (QED) is 0.552. The number of hydrogen-bond donors (Lipinski definition) is 1. The molecule has 2 N–H and O–H groups in total. The molecule has 3 rings (SSSR count). The van der Waals surface area contributed by atoms with E-state index >= 15 is 0 Å². The number of nitrogen functional groups attached to an aromatic ring is 1. The number of aromatic nitrogens is 4. The molecule has 0 radical (unpaired) electrons. The van der Waals surface area contributed by atoms with Crippen LogP contribution in [0.5, 0.6) is 0 Å². The molecule has 136 valence electrons. The normalized spacial score (nSPS) is 11.7. The number of nitrogens with zero attached hydrogens (tertiary/aromatic N) is 4. The van der Waals surface area contributed by atoms with E-state index in [1.807, 2.05) is 0 Å². The molecule has 2 aromatic heterocycles. The highest BCUT2D eigenvalue weighted by Crippen LogP contribution is 2.29. The van der Waals surface area contributed by atoms with Crippen molar-refractivity contribution in [2.45, 2.75) is 19.1 Å². The van der Waals surface area contributed by atoms with Gasteiger partial charge < -0.3 is 15.0 Å². The Labute approximate surface area is 145 Å². The number of carbonyl (C=O) groups is 1. The van der Waals surface area contributed by atoms with Gasteiger partial charge in [-0.25, -0.2) is 19.7 Å². The van der Waals surface area contributed by atoms with E-state index in [2.05, 4.69) is 15.0 Å². The fraction of sp³-hybridized carbons (Fsp3) is 0.250. The number of anilines is 1. The Morgan fingerprint density at radius 2 is 2.04 bits per heavy atom. The van der Waals surface area contributed by atoms with Crippen molar-refractivity contribution in [3.63, 3.8) is 0 Å². The van der Waals surface area contributed by atoms with Crippen molar-refractivity contribution in [1.82, 2.24) is 19.5 Å². The maximum absolute atomic E-state index is 12.7. The molecule has 0 fully saturated rings. The van der Waals surface area contributed by atoms with Crippen LogP contribution in [0.3, 0.4) is 0 Å². The van der Waals surface area contributed by atoms with Gasteiger partial charge >= 0.3 is 12.1 Å². The van der Waals surface area contributed by atoms with E-state index in [1.165, 1.54) is 18.5 Å². The molecule has 0 aliphatic heterocycles. The highest BCUT2D eigenvalue weighted by Gasteiger charge is 2.31. The average molecular weight is 365 g/mol. The van der Waals surface area contributed by atoms with E-state index in [4.69, 9.17) is 10.5 Å². The lowest BCUT2D eigenvalue weighted by molar-refractivity contribution is -0.137. The van der Waals surface area contributed by atoms with Gasteiger partial charge in [-0.05, 0) is 24.6 Å². The van der Waals surface area contributed by atoms with E-state index in [-0.39, 0.29) is 18.0 Å². The Balaban J connectivity index is 1.56. The summed E-state index contributed by atoms with van der Waals surface area (Å²) >= 11 is 0. The lowest BCUT2D eigenvalue weighted by Gasteiger charge is -2.09. The molecule has 1 aromatic carbocycles.